The standard InChI is InChI=1S/C20H36N4O9/c1-2-6-24(15-18(27)22-5-7-25)20(30)16(14-19(28)29)23-17(26)3-8-31-10-12-33-13-11-32-9-4-21/h7,16H,2-6,8-15,21H2,1H3,(H,22,27)(H,23,26)(H,28,29)/t16-/m0/s1. The van der Waals surface area contributed by atoms with Crippen molar-refractivity contribution in [3.05, 3.63) is 0 Å². The first-order valence-electron chi connectivity index (χ1n) is 10.8. The predicted octanol–water partition coefficient (Wildman–Crippen LogP) is -2.10. The third kappa shape index (κ3) is 16.7. The SMILES string of the molecule is CCCN(CC(=O)NCC=O)C(=O)[C@H](CC(=O)O)NC(=O)CCOCCOCCOCCN. The predicted molar refractivity (Wildman–Crippen MR) is 116 cm³/mol. The van der Waals surface area contributed by atoms with Crippen LogP contribution in [0.4, 0.5) is 0 Å². The number of carboxylic acid groups (broad SMARTS) is 1. The minimum absolute atomic E-state index is 0.0552. The molecule has 190 valence electrons. The van der Waals surface area contributed by atoms with Crippen LogP contribution in [0.15, 0.2) is 0 Å². The van der Waals surface area contributed by atoms with Crippen LogP contribution in [0, 0.1) is 0 Å². The highest BCUT2D eigenvalue weighted by atomic mass is 16.5. The second kappa shape index (κ2) is 20.0. The van der Waals surface area contributed by atoms with Crippen LogP contribution in [-0.4, -0.2) is 112 Å². The molecule has 0 radical (unpaired) electrons. The van der Waals surface area contributed by atoms with Gasteiger partial charge in [-0.3, -0.25) is 19.2 Å². The lowest BCUT2D eigenvalue weighted by Gasteiger charge is -2.26. The summed E-state index contributed by atoms with van der Waals surface area (Å²) in [6.07, 6.45) is 0.289. The second-order valence-corrected chi connectivity index (χ2v) is 6.82. The summed E-state index contributed by atoms with van der Waals surface area (Å²) in [4.78, 5) is 59.6. The largest absolute Gasteiger partial charge is 0.481 e. The third-order valence-electron chi connectivity index (χ3n) is 4.01. The van der Waals surface area contributed by atoms with Gasteiger partial charge in [-0.1, -0.05) is 6.92 Å². The highest BCUT2D eigenvalue weighted by Gasteiger charge is 2.28. The summed E-state index contributed by atoms with van der Waals surface area (Å²) in [5.74, 6) is -3.10. The van der Waals surface area contributed by atoms with E-state index in [0.717, 1.165) is 4.90 Å². The lowest BCUT2D eigenvalue weighted by Crippen LogP contribution is -2.52. The Morgan fingerprint density at radius 2 is 1.61 bits per heavy atom. The van der Waals surface area contributed by atoms with Crippen molar-refractivity contribution >= 4 is 30.0 Å². The fourth-order valence-corrected chi connectivity index (χ4v) is 2.57. The molecule has 33 heavy (non-hydrogen) atoms. The molecule has 0 rings (SSSR count). The molecule has 13 nitrogen and oxygen atoms in total. The fourth-order valence-electron chi connectivity index (χ4n) is 2.57. The van der Waals surface area contributed by atoms with E-state index in [1.54, 1.807) is 6.92 Å². The maximum Gasteiger partial charge on any atom is 0.305 e. The number of carbonyl (C=O) groups is 5. The molecule has 1 atom stereocenters. The van der Waals surface area contributed by atoms with Crippen molar-refractivity contribution in [1.29, 1.82) is 0 Å². The van der Waals surface area contributed by atoms with Crippen LogP contribution in [0.1, 0.15) is 26.2 Å². The maximum atomic E-state index is 12.8. The van der Waals surface area contributed by atoms with Gasteiger partial charge < -0.3 is 45.4 Å². The molecular weight excluding hydrogens is 440 g/mol. The van der Waals surface area contributed by atoms with Crippen molar-refractivity contribution in [2.75, 3.05) is 65.8 Å². The molecule has 0 aromatic heterocycles. The molecule has 0 bridgehead atoms. The molecule has 0 aliphatic carbocycles. The zero-order valence-corrected chi connectivity index (χ0v) is 19.1. The summed E-state index contributed by atoms with van der Waals surface area (Å²) in [5, 5.41) is 13.8. The average Bonchev–Trinajstić information content (AvgIpc) is 2.77. The van der Waals surface area contributed by atoms with Crippen LogP contribution >= 0.6 is 0 Å². The minimum Gasteiger partial charge on any atom is -0.481 e. The number of nitrogens with zero attached hydrogens (tertiary/aromatic N) is 1. The zero-order valence-electron chi connectivity index (χ0n) is 19.1. The van der Waals surface area contributed by atoms with Crippen LogP contribution in [0.2, 0.25) is 0 Å². The Hall–Kier alpha value is -2.61. The lowest BCUT2D eigenvalue weighted by atomic mass is 10.1. The van der Waals surface area contributed by atoms with Gasteiger partial charge in [0.15, 0.2) is 0 Å². The third-order valence-corrected chi connectivity index (χ3v) is 4.01. The molecule has 5 N–H and O–H groups in total. The summed E-state index contributed by atoms with van der Waals surface area (Å²) in [7, 11) is 0. The molecule has 0 saturated carbocycles. The van der Waals surface area contributed by atoms with Gasteiger partial charge in [0.25, 0.3) is 0 Å². The van der Waals surface area contributed by atoms with Crippen LogP contribution in [-0.2, 0) is 38.2 Å². The number of carbonyl (C=O) groups excluding carboxylic acids is 4. The Bertz CT molecular complexity index is 604. The number of aliphatic carboxylic acids is 1. The molecule has 0 aliphatic rings. The van der Waals surface area contributed by atoms with Gasteiger partial charge in [-0.05, 0) is 6.42 Å². The lowest BCUT2D eigenvalue weighted by molar-refractivity contribution is -0.144. The number of nitrogens with one attached hydrogen (secondary N) is 2. The molecule has 0 unspecified atom stereocenters. The number of hydrogen-bond donors (Lipinski definition) is 4. The molecule has 0 heterocycles. The van der Waals surface area contributed by atoms with E-state index in [9.17, 15) is 24.0 Å². The van der Waals surface area contributed by atoms with Gasteiger partial charge in [0.2, 0.25) is 17.7 Å². The van der Waals surface area contributed by atoms with Crippen molar-refractivity contribution < 1.29 is 43.3 Å². The smallest absolute Gasteiger partial charge is 0.305 e. The van der Waals surface area contributed by atoms with Gasteiger partial charge >= 0.3 is 5.97 Å². The minimum atomic E-state index is -1.34. The van der Waals surface area contributed by atoms with E-state index >= 15 is 0 Å². The Morgan fingerprint density at radius 3 is 2.15 bits per heavy atom. The van der Waals surface area contributed by atoms with Gasteiger partial charge in [-0.15, -0.1) is 0 Å². The molecule has 3 amide bonds. The van der Waals surface area contributed by atoms with E-state index in [-0.39, 0.29) is 39.3 Å². The molecule has 0 aromatic rings. The Labute approximate surface area is 193 Å². The van der Waals surface area contributed by atoms with Gasteiger partial charge in [-0.25, -0.2) is 0 Å². The molecule has 13 heteroatoms. The van der Waals surface area contributed by atoms with Gasteiger partial charge in [0.1, 0.15) is 12.3 Å². The number of carboxylic acids is 1. The van der Waals surface area contributed by atoms with E-state index < -0.39 is 36.2 Å². The quantitative estimate of drug-likeness (QED) is 0.106. The number of hydrogen-bond acceptors (Lipinski definition) is 9. The summed E-state index contributed by atoms with van der Waals surface area (Å²) in [6, 6.07) is -1.34. The van der Waals surface area contributed by atoms with Crippen LogP contribution in [0.5, 0.6) is 0 Å². The van der Waals surface area contributed by atoms with Crippen LogP contribution < -0.4 is 16.4 Å². The zero-order chi connectivity index (χ0) is 24.9. The highest BCUT2D eigenvalue weighted by molar-refractivity contribution is 5.93. The van der Waals surface area contributed by atoms with E-state index in [0.29, 0.717) is 45.7 Å². The van der Waals surface area contributed by atoms with E-state index in [1.165, 1.54) is 0 Å². The van der Waals surface area contributed by atoms with Crippen molar-refractivity contribution in [2.45, 2.75) is 32.2 Å². The van der Waals surface area contributed by atoms with Crippen molar-refractivity contribution in [3.63, 3.8) is 0 Å². The van der Waals surface area contributed by atoms with Gasteiger partial charge in [-0.2, -0.15) is 0 Å². The van der Waals surface area contributed by atoms with Crippen molar-refractivity contribution in [2.24, 2.45) is 5.73 Å². The fraction of sp³-hybridized carbons (Fsp3) is 0.750. The molecule has 0 aromatic carbocycles. The summed E-state index contributed by atoms with van der Waals surface area (Å²) in [6.45, 7) is 3.75. The summed E-state index contributed by atoms with van der Waals surface area (Å²) in [5.41, 5.74) is 5.29. The summed E-state index contributed by atoms with van der Waals surface area (Å²) < 4.78 is 15.7. The van der Waals surface area contributed by atoms with Crippen LogP contribution in [0.25, 0.3) is 0 Å². The maximum absolute atomic E-state index is 12.8. The average molecular weight is 477 g/mol. The van der Waals surface area contributed by atoms with E-state index in [2.05, 4.69) is 10.6 Å². The molecule has 0 spiro atoms. The molecule has 0 fully saturated rings. The van der Waals surface area contributed by atoms with Gasteiger partial charge in [0.05, 0.1) is 59.2 Å². The first-order chi connectivity index (χ1) is 15.8. The first-order valence-corrected chi connectivity index (χ1v) is 10.8. The number of nitrogens with two attached hydrogens (primary N) is 1. The number of aldehydes is 1. The molecule has 0 saturated heterocycles. The normalized spacial score (nSPS) is 11.5. The number of amides is 3. The van der Waals surface area contributed by atoms with E-state index in [1.807, 2.05) is 0 Å². The Balaban J connectivity index is 4.51. The second-order valence-electron chi connectivity index (χ2n) is 6.82. The van der Waals surface area contributed by atoms with Crippen LogP contribution in [0.3, 0.4) is 0 Å². The number of ether oxygens (including phenoxy) is 3. The monoisotopic (exact) mass is 476 g/mol. The number of rotatable bonds is 21. The van der Waals surface area contributed by atoms with Gasteiger partial charge in [0, 0.05) is 19.5 Å². The topological polar surface area (TPSA) is 187 Å². The van der Waals surface area contributed by atoms with Crippen molar-refractivity contribution in [1.82, 2.24) is 15.5 Å². The van der Waals surface area contributed by atoms with E-state index in [4.69, 9.17) is 25.1 Å². The molecule has 0 aliphatic heterocycles. The highest BCUT2D eigenvalue weighted by Crippen LogP contribution is 2.03. The van der Waals surface area contributed by atoms with Crippen molar-refractivity contribution in [3.8, 4) is 0 Å². The Morgan fingerprint density at radius 1 is 1.00 bits per heavy atom. The summed E-state index contributed by atoms with van der Waals surface area (Å²) >= 11 is 0. The first kappa shape index (κ1) is 30.4. The molecular formula is C20H36N4O9. The Kier molecular flexibility index (Phi) is 18.4.